The van der Waals surface area contributed by atoms with Gasteiger partial charge in [-0.3, -0.25) is 14.5 Å². The third-order valence-electron chi connectivity index (χ3n) is 5.28. The average Bonchev–Trinajstić information content (AvgIpc) is 3.01. The molecule has 2 heterocycles. The zero-order chi connectivity index (χ0) is 20.8. The van der Waals surface area contributed by atoms with Crippen molar-refractivity contribution in [3.63, 3.8) is 0 Å². The van der Waals surface area contributed by atoms with Crippen molar-refractivity contribution in [1.82, 2.24) is 9.80 Å². The van der Waals surface area contributed by atoms with Crippen molar-refractivity contribution in [2.24, 2.45) is 0 Å². The highest BCUT2D eigenvalue weighted by Gasteiger charge is 2.40. The number of rotatable bonds is 6. The van der Waals surface area contributed by atoms with Gasteiger partial charge < -0.3 is 10.0 Å². The zero-order valence-corrected chi connectivity index (χ0v) is 18.1. The first-order valence-electron chi connectivity index (χ1n) is 9.93. The Kier molecular flexibility index (Phi) is 7.64. The van der Waals surface area contributed by atoms with Gasteiger partial charge in [0.1, 0.15) is 10.4 Å². The molecule has 0 aliphatic carbocycles. The first kappa shape index (κ1) is 21.7. The molecule has 0 aromatic heterocycles. The minimum absolute atomic E-state index is 0.0337. The van der Waals surface area contributed by atoms with Crippen molar-refractivity contribution in [1.29, 1.82) is 0 Å². The van der Waals surface area contributed by atoms with Crippen molar-refractivity contribution in [3.05, 3.63) is 53.0 Å². The number of likely N-dealkylation sites (tertiary alicyclic amines) is 1. The maximum absolute atomic E-state index is 13.1. The van der Waals surface area contributed by atoms with Gasteiger partial charge in [-0.25, -0.2) is 0 Å². The molecule has 154 valence electrons. The Morgan fingerprint density at radius 3 is 2.83 bits per heavy atom. The van der Waals surface area contributed by atoms with Crippen molar-refractivity contribution in [2.45, 2.75) is 44.7 Å². The number of thiocarbonyl (C=S) groups is 1. The maximum Gasteiger partial charge on any atom is 0.266 e. The van der Waals surface area contributed by atoms with Crippen molar-refractivity contribution in [2.75, 3.05) is 13.2 Å². The Morgan fingerprint density at radius 1 is 1.34 bits per heavy atom. The third-order valence-corrected chi connectivity index (χ3v) is 6.63. The minimum Gasteiger partial charge on any atom is -0.396 e. The van der Waals surface area contributed by atoms with Crippen LogP contribution in [0.4, 0.5) is 0 Å². The Balaban J connectivity index is 1.70. The van der Waals surface area contributed by atoms with Gasteiger partial charge in [0.2, 0.25) is 5.91 Å². The zero-order valence-electron chi connectivity index (χ0n) is 16.5. The van der Waals surface area contributed by atoms with Gasteiger partial charge in [0.15, 0.2) is 0 Å². The van der Waals surface area contributed by atoms with Crippen LogP contribution in [0.25, 0.3) is 6.08 Å². The van der Waals surface area contributed by atoms with Gasteiger partial charge in [0.05, 0.1) is 4.91 Å². The van der Waals surface area contributed by atoms with Gasteiger partial charge in [0, 0.05) is 19.2 Å². The quantitative estimate of drug-likeness (QED) is 0.552. The van der Waals surface area contributed by atoms with E-state index in [9.17, 15) is 14.7 Å². The second-order valence-corrected chi connectivity index (χ2v) is 8.89. The van der Waals surface area contributed by atoms with E-state index in [-0.39, 0.29) is 24.5 Å². The predicted molar refractivity (Wildman–Crippen MR) is 121 cm³/mol. The molecule has 0 saturated carbocycles. The molecule has 2 aliphatic heterocycles. The summed E-state index contributed by atoms with van der Waals surface area (Å²) in [6.45, 7) is 2.46. The number of aliphatic hydroxyl groups excluding tert-OH is 1. The van der Waals surface area contributed by atoms with Gasteiger partial charge in [-0.15, -0.1) is 0 Å². The Labute approximate surface area is 181 Å². The lowest BCUT2D eigenvalue weighted by Crippen LogP contribution is -2.53. The fourth-order valence-electron chi connectivity index (χ4n) is 3.73. The maximum atomic E-state index is 13.1. The standard InChI is InChI=1S/C22H26N2O3S2/c1-16(20(26)23-14-6-5-11-18(23)13-15-25)24-21(27)19(29-22(24)28)12-7-10-17-8-3-2-4-9-17/h2-4,7-10,12,16,18,25H,5-6,11,13-15H2,1H3/b10-7+,19-12-/t16-,18-/m1/s1. The second-order valence-electron chi connectivity index (χ2n) is 7.21. The van der Waals surface area contributed by atoms with E-state index in [1.54, 1.807) is 13.0 Å². The van der Waals surface area contributed by atoms with E-state index in [1.807, 2.05) is 47.4 Å². The average molecular weight is 431 g/mol. The topological polar surface area (TPSA) is 60.9 Å². The van der Waals surface area contributed by atoms with E-state index in [0.29, 0.717) is 22.2 Å². The van der Waals surface area contributed by atoms with E-state index in [0.717, 1.165) is 24.8 Å². The van der Waals surface area contributed by atoms with Crippen molar-refractivity contribution >= 4 is 46.2 Å². The Bertz CT molecular complexity index is 821. The summed E-state index contributed by atoms with van der Waals surface area (Å²) in [5.41, 5.74) is 1.04. The van der Waals surface area contributed by atoms with Crippen LogP contribution in [0, 0.1) is 0 Å². The summed E-state index contributed by atoms with van der Waals surface area (Å²) in [6, 6.07) is 9.22. The lowest BCUT2D eigenvalue weighted by atomic mass is 9.98. The predicted octanol–water partition coefficient (Wildman–Crippen LogP) is 3.60. The van der Waals surface area contributed by atoms with Crippen molar-refractivity contribution in [3.8, 4) is 0 Å². The smallest absolute Gasteiger partial charge is 0.266 e. The fourth-order valence-corrected chi connectivity index (χ4v) is 5.10. The third kappa shape index (κ3) is 5.15. The summed E-state index contributed by atoms with van der Waals surface area (Å²) in [5.74, 6) is -0.324. The van der Waals surface area contributed by atoms with Crippen LogP contribution in [0.3, 0.4) is 0 Å². The van der Waals surface area contributed by atoms with E-state index in [1.165, 1.54) is 16.7 Å². The van der Waals surface area contributed by atoms with Crippen LogP contribution in [-0.2, 0) is 9.59 Å². The molecule has 2 fully saturated rings. The largest absolute Gasteiger partial charge is 0.396 e. The number of allylic oxidation sites excluding steroid dienone is 2. The van der Waals surface area contributed by atoms with Crippen LogP contribution < -0.4 is 0 Å². The molecule has 2 saturated heterocycles. The summed E-state index contributed by atoms with van der Waals surface area (Å²) in [7, 11) is 0. The van der Waals surface area contributed by atoms with E-state index in [4.69, 9.17) is 12.2 Å². The molecule has 2 aliphatic rings. The van der Waals surface area contributed by atoms with Gasteiger partial charge in [-0.05, 0) is 44.2 Å². The molecule has 7 heteroatoms. The molecule has 0 unspecified atom stereocenters. The van der Waals surface area contributed by atoms with Crippen LogP contribution in [0.15, 0.2) is 47.4 Å². The molecular formula is C22H26N2O3S2. The number of benzene rings is 1. The number of amides is 2. The molecule has 0 radical (unpaired) electrons. The molecule has 5 nitrogen and oxygen atoms in total. The number of carbonyl (C=O) groups is 2. The monoisotopic (exact) mass is 430 g/mol. The Morgan fingerprint density at radius 2 is 2.10 bits per heavy atom. The van der Waals surface area contributed by atoms with Gasteiger partial charge in [-0.2, -0.15) is 0 Å². The van der Waals surface area contributed by atoms with Gasteiger partial charge in [0.25, 0.3) is 5.91 Å². The fraction of sp³-hybridized carbons (Fsp3) is 0.409. The molecule has 1 aromatic carbocycles. The van der Waals surface area contributed by atoms with E-state index < -0.39 is 6.04 Å². The van der Waals surface area contributed by atoms with Crippen LogP contribution in [0.2, 0.25) is 0 Å². The summed E-state index contributed by atoms with van der Waals surface area (Å²) < 4.78 is 0.408. The number of thioether (sulfide) groups is 1. The number of piperidine rings is 1. The Hall–Kier alpha value is -1.96. The summed E-state index contributed by atoms with van der Waals surface area (Å²) in [4.78, 5) is 29.8. The van der Waals surface area contributed by atoms with Crippen LogP contribution >= 0.6 is 24.0 Å². The van der Waals surface area contributed by atoms with Crippen molar-refractivity contribution < 1.29 is 14.7 Å². The minimum atomic E-state index is -0.647. The summed E-state index contributed by atoms with van der Waals surface area (Å²) >= 11 is 6.64. The first-order valence-corrected chi connectivity index (χ1v) is 11.2. The number of carbonyl (C=O) groups excluding carboxylic acids is 2. The molecule has 2 atom stereocenters. The lowest BCUT2D eigenvalue weighted by molar-refractivity contribution is -0.142. The van der Waals surface area contributed by atoms with Gasteiger partial charge >= 0.3 is 0 Å². The van der Waals surface area contributed by atoms with E-state index >= 15 is 0 Å². The second kappa shape index (κ2) is 10.2. The molecule has 29 heavy (non-hydrogen) atoms. The van der Waals surface area contributed by atoms with E-state index in [2.05, 4.69) is 0 Å². The first-order chi connectivity index (χ1) is 14.0. The van der Waals surface area contributed by atoms with Gasteiger partial charge in [-0.1, -0.05) is 66.5 Å². The summed E-state index contributed by atoms with van der Waals surface area (Å²) in [5, 5.41) is 9.31. The number of hydrogen-bond acceptors (Lipinski definition) is 5. The normalized spacial score (nSPS) is 22.7. The molecule has 2 amide bonds. The van der Waals surface area contributed by atoms with Crippen LogP contribution in [0.1, 0.15) is 38.2 Å². The SMILES string of the molecule is C[C@H](C(=O)N1CCCC[C@@H]1CCO)N1C(=O)/C(=C/C=C/c2ccccc2)SC1=S. The molecule has 1 N–H and O–H groups in total. The summed E-state index contributed by atoms with van der Waals surface area (Å²) in [6.07, 6.45) is 8.97. The molecule has 0 bridgehead atoms. The number of aliphatic hydroxyl groups is 1. The molecule has 1 aromatic rings. The number of nitrogens with zero attached hydrogens (tertiary/aromatic N) is 2. The van der Waals surface area contributed by atoms with Crippen LogP contribution in [0.5, 0.6) is 0 Å². The molecule has 0 spiro atoms. The molecule has 3 rings (SSSR count). The van der Waals surface area contributed by atoms with Crippen LogP contribution in [-0.4, -0.2) is 56.3 Å². The number of hydrogen-bond donors (Lipinski definition) is 1. The lowest BCUT2D eigenvalue weighted by Gasteiger charge is -2.38. The highest BCUT2D eigenvalue weighted by Crippen LogP contribution is 2.33. The highest BCUT2D eigenvalue weighted by atomic mass is 32.2. The highest BCUT2D eigenvalue weighted by molar-refractivity contribution is 8.26. The molecular weight excluding hydrogens is 404 g/mol.